The number of hydrogen-bond acceptors (Lipinski definition) is 7. The van der Waals surface area contributed by atoms with Crippen molar-refractivity contribution in [2.24, 2.45) is 0 Å². The Bertz CT molecular complexity index is 1630. The fourth-order valence-electron chi connectivity index (χ4n) is 5.17. The van der Waals surface area contributed by atoms with E-state index < -0.39 is 17.8 Å². The molecule has 1 saturated heterocycles. The highest BCUT2D eigenvalue weighted by Crippen LogP contribution is 2.32. The van der Waals surface area contributed by atoms with E-state index in [4.69, 9.17) is 9.72 Å². The summed E-state index contributed by atoms with van der Waals surface area (Å²) < 4.78 is 47.3. The molecule has 0 amide bonds. The lowest BCUT2D eigenvalue weighted by Gasteiger charge is -2.35. The van der Waals surface area contributed by atoms with E-state index in [1.54, 1.807) is 17.5 Å². The van der Waals surface area contributed by atoms with Crippen molar-refractivity contribution in [2.45, 2.75) is 18.8 Å². The number of aliphatic hydroxyl groups excluding tert-OH is 1. The second-order valence-electron chi connectivity index (χ2n) is 10.7. The van der Waals surface area contributed by atoms with Gasteiger partial charge < -0.3 is 9.84 Å². The van der Waals surface area contributed by atoms with Crippen molar-refractivity contribution < 1.29 is 23.0 Å². The minimum absolute atomic E-state index is 0.210. The summed E-state index contributed by atoms with van der Waals surface area (Å²) in [6.45, 7) is 5.71. The van der Waals surface area contributed by atoms with Crippen LogP contribution in [0.3, 0.4) is 0 Å². The van der Waals surface area contributed by atoms with Crippen LogP contribution in [0.2, 0.25) is 0 Å². The molecular formula is C32H32F3N5O2S. The number of alkyl halides is 3. The number of ether oxygens (including phenoxy) is 1. The first-order valence-electron chi connectivity index (χ1n) is 14.2. The first kappa shape index (κ1) is 29.3. The summed E-state index contributed by atoms with van der Waals surface area (Å²) in [5.41, 5.74) is 2.82. The molecular weight excluding hydrogens is 575 g/mol. The van der Waals surface area contributed by atoms with Gasteiger partial charge in [0.25, 0.3) is 0 Å². The number of halogens is 3. The van der Waals surface area contributed by atoms with Gasteiger partial charge in [0, 0.05) is 62.7 Å². The number of aromatic nitrogens is 3. The summed E-state index contributed by atoms with van der Waals surface area (Å²) in [5.74, 6) is 0.696. The van der Waals surface area contributed by atoms with E-state index >= 15 is 0 Å². The van der Waals surface area contributed by atoms with Crippen molar-refractivity contribution in [1.82, 2.24) is 24.6 Å². The van der Waals surface area contributed by atoms with Gasteiger partial charge in [-0.1, -0.05) is 42.5 Å². The Hall–Kier alpha value is -3.77. The van der Waals surface area contributed by atoms with Crippen LogP contribution in [0.5, 0.6) is 5.75 Å². The predicted octanol–water partition coefficient (Wildman–Crippen LogP) is 5.90. The second kappa shape index (κ2) is 12.8. The molecule has 0 bridgehead atoms. The van der Waals surface area contributed by atoms with Crippen LogP contribution in [0.4, 0.5) is 13.2 Å². The molecule has 3 heterocycles. The Morgan fingerprint density at radius 3 is 2.35 bits per heavy atom. The van der Waals surface area contributed by atoms with Gasteiger partial charge >= 0.3 is 6.18 Å². The van der Waals surface area contributed by atoms with E-state index in [9.17, 15) is 18.3 Å². The molecule has 1 aliphatic rings. The fourth-order valence-corrected chi connectivity index (χ4v) is 6.12. The number of aliphatic hydroxyl groups is 1. The molecule has 7 nitrogen and oxygen atoms in total. The highest BCUT2D eigenvalue weighted by atomic mass is 32.1. The lowest BCUT2D eigenvalue weighted by Crippen LogP contribution is -2.49. The molecule has 0 saturated carbocycles. The molecule has 1 unspecified atom stereocenters. The quantitative estimate of drug-likeness (QED) is 0.213. The van der Waals surface area contributed by atoms with Crippen molar-refractivity contribution in [1.29, 1.82) is 0 Å². The smallest absolute Gasteiger partial charge is 0.416 e. The van der Waals surface area contributed by atoms with Gasteiger partial charge in [0.15, 0.2) is 0 Å². The van der Waals surface area contributed by atoms with E-state index in [0.717, 1.165) is 71.2 Å². The standard InChI is InChI=1S/C32H32F3N5O2S/c33-32(34,35)26-8-6-23(7-9-26)25-19-36-40(20-25)17-16-38-12-14-39(15-13-38)21-27(41)22-42-28-10-11-30-29(18-28)37-31(43-30)24-4-2-1-3-5-24/h1-11,18-20,27,41H,12-17,21-22H2. The number of β-amino-alcohol motifs (C(OH)–C–C–N with tert-alkyl or cyclic N) is 1. The lowest BCUT2D eigenvalue weighted by molar-refractivity contribution is -0.137. The third-order valence-electron chi connectivity index (χ3n) is 7.58. The van der Waals surface area contributed by atoms with Gasteiger partial charge in [0.1, 0.15) is 23.5 Å². The number of thiazole rings is 1. The Morgan fingerprint density at radius 2 is 1.60 bits per heavy atom. The van der Waals surface area contributed by atoms with Gasteiger partial charge in [-0.05, 0) is 29.8 Å². The van der Waals surface area contributed by atoms with E-state index in [-0.39, 0.29) is 6.61 Å². The van der Waals surface area contributed by atoms with Crippen LogP contribution in [0.1, 0.15) is 5.56 Å². The first-order chi connectivity index (χ1) is 20.8. The van der Waals surface area contributed by atoms with Crippen molar-refractivity contribution in [2.75, 3.05) is 45.9 Å². The third-order valence-corrected chi connectivity index (χ3v) is 8.67. The topological polar surface area (TPSA) is 66.7 Å². The minimum Gasteiger partial charge on any atom is -0.491 e. The molecule has 1 atom stereocenters. The molecule has 0 spiro atoms. The van der Waals surface area contributed by atoms with Gasteiger partial charge in [-0.15, -0.1) is 11.3 Å². The van der Waals surface area contributed by atoms with Crippen LogP contribution < -0.4 is 4.74 Å². The van der Waals surface area contributed by atoms with Gasteiger partial charge in [0.2, 0.25) is 0 Å². The first-order valence-corrected chi connectivity index (χ1v) is 15.0. The monoisotopic (exact) mass is 607 g/mol. The summed E-state index contributed by atoms with van der Waals surface area (Å²) >= 11 is 1.65. The van der Waals surface area contributed by atoms with E-state index in [1.807, 2.05) is 47.3 Å². The van der Waals surface area contributed by atoms with Crippen LogP contribution in [-0.4, -0.2) is 81.7 Å². The van der Waals surface area contributed by atoms with E-state index in [2.05, 4.69) is 27.0 Å². The largest absolute Gasteiger partial charge is 0.491 e. The van der Waals surface area contributed by atoms with Gasteiger partial charge in [-0.2, -0.15) is 18.3 Å². The summed E-state index contributed by atoms with van der Waals surface area (Å²) in [7, 11) is 0. The Balaban J connectivity index is 0.921. The van der Waals surface area contributed by atoms with Crippen LogP contribution in [-0.2, 0) is 12.7 Å². The number of fused-ring (bicyclic) bond motifs is 1. The average molecular weight is 608 g/mol. The maximum absolute atomic E-state index is 12.8. The maximum atomic E-state index is 12.8. The molecule has 1 aliphatic heterocycles. The SMILES string of the molecule is OC(COc1ccc2sc(-c3ccccc3)nc2c1)CN1CCN(CCn2cc(-c3ccc(C(F)(F)F)cc3)cn2)CC1. The van der Waals surface area contributed by atoms with Crippen LogP contribution >= 0.6 is 11.3 Å². The number of benzene rings is 3. The summed E-state index contributed by atoms with van der Waals surface area (Å²) in [6, 6.07) is 21.1. The van der Waals surface area contributed by atoms with Crippen molar-refractivity contribution in [3.63, 3.8) is 0 Å². The molecule has 3 aromatic carbocycles. The van der Waals surface area contributed by atoms with Crippen molar-refractivity contribution in [3.8, 4) is 27.4 Å². The molecule has 1 N–H and O–H groups in total. The number of nitrogens with zero attached hydrogens (tertiary/aromatic N) is 5. The number of rotatable bonds is 10. The predicted molar refractivity (Wildman–Crippen MR) is 162 cm³/mol. The van der Waals surface area contributed by atoms with Crippen molar-refractivity contribution >= 4 is 21.6 Å². The maximum Gasteiger partial charge on any atom is 0.416 e. The lowest BCUT2D eigenvalue weighted by atomic mass is 10.1. The van der Waals surface area contributed by atoms with Crippen LogP contribution in [0.25, 0.3) is 31.9 Å². The molecule has 0 radical (unpaired) electrons. The number of piperazine rings is 1. The number of hydrogen-bond donors (Lipinski definition) is 1. The second-order valence-corrected chi connectivity index (χ2v) is 11.7. The van der Waals surface area contributed by atoms with Crippen molar-refractivity contribution in [3.05, 3.63) is 90.8 Å². The van der Waals surface area contributed by atoms with Gasteiger partial charge in [0.05, 0.1) is 28.5 Å². The van der Waals surface area contributed by atoms with E-state index in [0.29, 0.717) is 24.4 Å². The molecule has 0 aliphatic carbocycles. The third kappa shape index (κ3) is 7.42. The highest BCUT2D eigenvalue weighted by Gasteiger charge is 2.30. The summed E-state index contributed by atoms with van der Waals surface area (Å²) in [6.07, 6.45) is -1.40. The van der Waals surface area contributed by atoms with Crippen LogP contribution in [0, 0.1) is 0 Å². The fraction of sp³-hybridized carbons (Fsp3) is 0.312. The molecule has 224 valence electrons. The zero-order valence-electron chi connectivity index (χ0n) is 23.5. The molecule has 2 aromatic heterocycles. The molecule has 5 aromatic rings. The Morgan fingerprint density at radius 1 is 0.860 bits per heavy atom. The average Bonchev–Trinajstić information content (AvgIpc) is 3.67. The zero-order valence-corrected chi connectivity index (χ0v) is 24.3. The summed E-state index contributed by atoms with van der Waals surface area (Å²) in [4.78, 5) is 9.35. The zero-order chi connectivity index (χ0) is 29.8. The van der Waals surface area contributed by atoms with Gasteiger partial charge in [-0.3, -0.25) is 14.5 Å². The highest BCUT2D eigenvalue weighted by molar-refractivity contribution is 7.21. The van der Waals surface area contributed by atoms with E-state index in [1.165, 1.54) is 12.1 Å². The molecule has 11 heteroatoms. The molecule has 1 fully saturated rings. The Labute approximate surface area is 251 Å². The summed E-state index contributed by atoms with van der Waals surface area (Å²) in [5, 5.41) is 16.0. The molecule has 6 rings (SSSR count). The Kier molecular flexibility index (Phi) is 8.75. The normalized spacial score (nSPS) is 15.6. The minimum atomic E-state index is -4.34. The van der Waals surface area contributed by atoms with Crippen LogP contribution in [0.15, 0.2) is 85.2 Å². The van der Waals surface area contributed by atoms with Gasteiger partial charge in [-0.25, -0.2) is 4.98 Å². The molecule has 43 heavy (non-hydrogen) atoms.